The summed E-state index contributed by atoms with van der Waals surface area (Å²) in [6.07, 6.45) is 8.52. The Morgan fingerprint density at radius 3 is 2.70 bits per heavy atom. The number of benzene rings is 1. The van der Waals surface area contributed by atoms with Crippen molar-refractivity contribution in [3.8, 4) is 5.69 Å². The second-order valence-corrected chi connectivity index (χ2v) is 8.49. The fourth-order valence-corrected chi connectivity index (χ4v) is 4.53. The van der Waals surface area contributed by atoms with E-state index in [0.717, 1.165) is 31.4 Å². The average Bonchev–Trinajstić information content (AvgIpc) is 3.28. The highest BCUT2D eigenvalue weighted by molar-refractivity contribution is 6.34. The standard InChI is InChI=1S/C22H23Cl2N5O/c1-15-4-3-13-28(19(15)10-9-17-8-7-16(23)14-25-17)22(30)21-18(24)5-2-6-20(21)29-26-11-12-27-29/h2,5-8,11-12,14-15,19H,3-4,9-10,13H2,1H3/t15-,19-/m1/s1. The monoisotopic (exact) mass is 443 g/mol. The van der Waals surface area contributed by atoms with Gasteiger partial charge >= 0.3 is 0 Å². The highest BCUT2D eigenvalue weighted by Crippen LogP contribution is 2.31. The third-order valence-corrected chi connectivity index (χ3v) is 6.24. The van der Waals surface area contributed by atoms with E-state index >= 15 is 0 Å². The second-order valence-electron chi connectivity index (χ2n) is 7.64. The quantitative estimate of drug-likeness (QED) is 0.565. The first-order chi connectivity index (χ1) is 14.5. The largest absolute Gasteiger partial charge is 0.335 e. The van der Waals surface area contributed by atoms with Crippen molar-refractivity contribution in [2.45, 2.75) is 38.6 Å². The van der Waals surface area contributed by atoms with Gasteiger partial charge in [-0.3, -0.25) is 9.78 Å². The molecule has 0 bridgehead atoms. The maximum atomic E-state index is 13.7. The Morgan fingerprint density at radius 2 is 1.97 bits per heavy atom. The van der Waals surface area contributed by atoms with Gasteiger partial charge in [0.1, 0.15) is 0 Å². The minimum atomic E-state index is -0.0754. The van der Waals surface area contributed by atoms with Crippen LogP contribution in [0.2, 0.25) is 10.0 Å². The highest BCUT2D eigenvalue weighted by atomic mass is 35.5. The normalized spacial score (nSPS) is 19.1. The lowest BCUT2D eigenvalue weighted by molar-refractivity contribution is 0.0499. The van der Waals surface area contributed by atoms with Crippen LogP contribution in [0.1, 0.15) is 42.2 Å². The highest BCUT2D eigenvalue weighted by Gasteiger charge is 2.34. The van der Waals surface area contributed by atoms with Crippen molar-refractivity contribution in [1.82, 2.24) is 24.9 Å². The predicted molar refractivity (Wildman–Crippen MR) is 117 cm³/mol. The van der Waals surface area contributed by atoms with Gasteiger partial charge in [-0.2, -0.15) is 15.0 Å². The second kappa shape index (κ2) is 9.14. The summed E-state index contributed by atoms with van der Waals surface area (Å²) in [5.41, 5.74) is 2.01. The number of carbonyl (C=O) groups excluding carboxylic acids is 1. The summed E-state index contributed by atoms with van der Waals surface area (Å²) >= 11 is 12.4. The number of nitrogens with zero attached hydrogens (tertiary/aromatic N) is 5. The number of hydrogen-bond acceptors (Lipinski definition) is 4. The molecule has 30 heavy (non-hydrogen) atoms. The van der Waals surface area contributed by atoms with E-state index in [1.54, 1.807) is 30.7 Å². The molecule has 0 unspecified atom stereocenters. The van der Waals surface area contributed by atoms with Crippen LogP contribution in [0.4, 0.5) is 0 Å². The number of hydrogen-bond donors (Lipinski definition) is 0. The zero-order chi connectivity index (χ0) is 21.1. The summed E-state index contributed by atoms with van der Waals surface area (Å²) in [6, 6.07) is 9.27. The third kappa shape index (κ3) is 4.35. The molecule has 1 amide bonds. The molecule has 2 atom stereocenters. The van der Waals surface area contributed by atoms with Crippen molar-refractivity contribution in [3.63, 3.8) is 0 Å². The van der Waals surface area contributed by atoms with E-state index in [-0.39, 0.29) is 11.9 Å². The average molecular weight is 444 g/mol. The fourth-order valence-electron chi connectivity index (χ4n) is 4.17. The first kappa shape index (κ1) is 20.8. The molecule has 1 fully saturated rings. The van der Waals surface area contributed by atoms with Crippen molar-refractivity contribution < 1.29 is 4.79 Å². The summed E-state index contributed by atoms with van der Waals surface area (Å²) in [7, 11) is 0. The van der Waals surface area contributed by atoms with Crippen molar-refractivity contribution in [2.75, 3.05) is 6.54 Å². The third-order valence-electron chi connectivity index (χ3n) is 5.70. The summed E-state index contributed by atoms with van der Waals surface area (Å²) in [5, 5.41) is 9.41. The summed E-state index contributed by atoms with van der Waals surface area (Å²) in [6.45, 7) is 2.92. The molecule has 3 heterocycles. The van der Waals surface area contributed by atoms with Crippen LogP contribution >= 0.6 is 23.2 Å². The first-order valence-electron chi connectivity index (χ1n) is 10.1. The van der Waals surface area contributed by atoms with Gasteiger partial charge in [0, 0.05) is 24.5 Å². The molecule has 6 nitrogen and oxygen atoms in total. The number of rotatable bonds is 5. The van der Waals surface area contributed by atoms with Gasteiger partial charge in [0.25, 0.3) is 5.91 Å². The lowest BCUT2D eigenvalue weighted by Crippen LogP contribution is -2.48. The van der Waals surface area contributed by atoms with Crippen LogP contribution in [0.3, 0.4) is 0 Å². The molecular formula is C22H23Cl2N5O. The van der Waals surface area contributed by atoms with Crippen LogP contribution in [0.5, 0.6) is 0 Å². The van der Waals surface area contributed by atoms with Gasteiger partial charge in [-0.25, -0.2) is 0 Å². The van der Waals surface area contributed by atoms with Crippen LogP contribution in [0.15, 0.2) is 48.9 Å². The Labute approximate surface area is 185 Å². The van der Waals surface area contributed by atoms with E-state index in [1.165, 1.54) is 4.80 Å². The molecule has 4 rings (SSSR count). The first-order valence-corrected chi connectivity index (χ1v) is 10.9. The van der Waals surface area contributed by atoms with Gasteiger partial charge in [-0.05, 0) is 55.9 Å². The maximum Gasteiger partial charge on any atom is 0.257 e. The topological polar surface area (TPSA) is 63.9 Å². The number of amides is 1. The summed E-state index contributed by atoms with van der Waals surface area (Å²) in [4.78, 5) is 21.5. The van der Waals surface area contributed by atoms with E-state index in [4.69, 9.17) is 23.2 Å². The van der Waals surface area contributed by atoms with Crippen LogP contribution in [0, 0.1) is 5.92 Å². The van der Waals surface area contributed by atoms with E-state index < -0.39 is 0 Å². The van der Waals surface area contributed by atoms with Gasteiger partial charge in [0.2, 0.25) is 0 Å². The van der Waals surface area contributed by atoms with E-state index in [1.807, 2.05) is 23.1 Å². The van der Waals surface area contributed by atoms with E-state index in [0.29, 0.717) is 33.8 Å². The van der Waals surface area contributed by atoms with Crippen molar-refractivity contribution in [3.05, 3.63) is 70.2 Å². The lowest BCUT2D eigenvalue weighted by atomic mass is 9.87. The lowest BCUT2D eigenvalue weighted by Gasteiger charge is -2.40. The number of aromatic nitrogens is 4. The number of carbonyl (C=O) groups is 1. The fraction of sp³-hybridized carbons (Fsp3) is 0.364. The molecule has 0 N–H and O–H groups in total. The van der Waals surface area contributed by atoms with Crippen LogP contribution in [-0.4, -0.2) is 43.4 Å². The number of likely N-dealkylation sites (tertiary alicyclic amines) is 1. The zero-order valence-electron chi connectivity index (χ0n) is 16.7. The molecule has 3 aromatic rings. The number of aryl methyl sites for hydroxylation is 1. The van der Waals surface area contributed by atoms with Gasteiger partial charge in [-0.15, -0.1) is 0 Å². The Morgan fingerprint density at radius 1 is 1.17 bits per heavy atom. The van der Waals surface area contributed by atoms with Gasteiger partial charge in [0.05, 0.1) is 33.7 Å². The predicted octanol–water partition coefficient (Wildman–Crippen LogP) is 4.84. The molecule has 2 aromatic heterocycles. The molecule has 0 saturated carbocycles. The molecule has 1 aliphatic heterocycles. The Hall–Kier alpha value is -2.44. The molecular weight excluding hydrogens is 421 g/mol. The molecule has 8 heteroatoms. The molecule has 1 aliphatic rings. The molecule has 0 aliphatic carbocycles. The van der Waals surface area contributed by atoms with Gasteiger partial charge in [0.15, 0.2) is 0 Å². The molecule has 0 spiro atoms. The van der Waals surface area contributed by atoms with Gasteiger partial charge in [-0.1, -0.05) is 36.2 Å². The summed E-state index contributed by atoms with van der Waals surface area (Å²) in [5.74, 6) is 0.317. The summed E-state index contributed by atoms with van der Waals surface area (Å²) < 4.78 is 0. The van der Waals surface area contributed by atoms with Crippen LogP contribution < -0.4 is 0 Å². The van der Waals surface area contributed by atoms with E-state index in [9.17, 15) is 4.79 Å². The SMILES string of the molecule is C[C@@H]1CCCN(C(=O)c2c(Cl)cccc2-n2nccn2)[C@@H]1CCc1ccc(Cl)cn1. The number of piperidine rings is 1. The molecule has 156 valence electrons. The Kier molecular flexibility index (Phi) is 6.35. The maximum absolute atomic E-state index is 13.7. The number of halogens is 2. The van der Waals surface area contributed by atoms with Crippen molar-refractivity contribution >= 4 is 29.1 Å². The van der Waals surface area contributed by atoms with Crippen molar-refractivity contribution in [1.29, 1.82) is 0 Å². The zero-order valence-corrected chi connectivity index (χ0v) is 18.2. The van der Waals surface area contributed by atoms with Gasteiger partial charge < -0.3 is 4.90 Å². The minimum Gasteiger partial charge on any atom is -0.335 e. The Balaban J connectivity index is 1.61. The minimum absolute atomic E-state index is 0.0754. The van der Waals surface area contributed by atoms with E-state index in [2.05, 4.69) is 22.1 Å². The smallest absolute Gasteiger partial charge is 0.257 e. The molecule has 0 radical (unpaired) electrons. The Bertz CT molecular complexity index is 1010. The van der Waals surface area contributed by atoms with Crippen LogP contribution in [0.25, 0.3) is 5.69 Å². The van der Waals surface area contributed by atoms with Crippen molar-refractivity contribution in [2.24, 2.45) is 5.92 Å². The molecule has 1 aromatic carbocycles. The van der Waals surface area contributed by atoms with Crippen LogP contribution in [-0.2, 0) is 6.42 Å². The molecule has 1 saturated heterocycles. The number of pyridine rings is 1.